The summed E-state index contributed by atoms with van der Waals surface area (Å²) in [4.78, 5) is 12.7. The first kappa shape index (κ1) is 25.4. The second kappa shape index (κ2) is 10.7. The quantitative estimate of drug-likeness (QED) is 0.607. The third-order valence-electron chi connectivity index (χ3n) is 3.76. The standard InChI is InChI=1S/C16H15F2N3O2.C2H6.CH3.Y/c1-9-5-3-4-6-10(9)13-15(22)14-11(7-20(2)19-14)21(16(13)23)8-12(17)18;1-2;;/h3-7,12,22H,8H2,1-2H3;1-2H3;1H3;/q;;-1;. The van der Waals surface area contributed by atoms with E-state index in [1.165, 1.54) is 10.9 Å². The number of pyridine rings is 1. The minimum atomic E-state index is -2.69. The molecule has 0 aliphatic heterocycles. The topological polar surface area (TPSA) is 60.1 Å². The van der Waals surface area contributed by atoms with Crippen molar-refractivity contribution >= 4 is 11.0 Å². The van der Waals surface area contributed by atoms with Crippen LogP contribution in [0.3, 0.4) is 0 Å². The zero-order valence-corrected chi connectivity index (χ0v) is 19.0. The van der Waals surface area contributed by atoms with Gasteiger partial charge in [0.1, 0.15) is 0 Å². The van der Waals surface area contributed by atoms with Crippen LogP contribution in [0.5, 0.6) is 5.75 Å². The summed E-state index contributed by atoms with van der Waals surface area (Å²) in [6, 6.07) is 6.98. The van der Waals surface area contributed by atoms with E-state index in [0.29, 0.717) is 5.56 Å². The van der Waals surface area contributed by atoms with Crippen molar-refractivity contribution in [3.05, 3.63) is 53.8 Å². The number of aromatic hydroxyl groups is 1. The molecule has 3 aromatic rings. The molecular weight excluding hydrogens is 429 g/mol. The van der Waals surface area contributed by atoms with Crippen molar-refractivity contribution < 1.29 is 46.6 Å². The molecule has 1 radical (unpaired) electrons. The summed E-state index contributed by atoms with van der Waals surface area (Å²) >= 11 is 0. The van der Waals surface area contributed by atoms with Crippen LogP contribution in [0.1, 0.15) is 19.4 Å². The molecule has 0 spiro atoms. The molecule has 1 aromatic carbocycles. The first-order valence-corrected chi connectivity index (χ1v) is 8.03. The van der Waals surface area contributed by atoms with Gasteiger partial charge in [0.2, 0.25) is 0 Å². The molecular formula is C19H24F2N3O2Y-. The molecule has 0 atom stereocenters. The molecule has 0 aliphatic carbocycles. The van der Waals surface area contributed by atoms with Crippen molar-refractivity contribution in [1.29, 1.82) is 0 Å². The third-order valence-corrected chi connectivity index (χ3v) is 3.76. The summed E-state index contributed by atoms with van der Waals surface area (Å²) in [5.74, 6) is -0.287. The van der Waals surface area contributed by atoms with Gasteiger partial charge in [-0.3, -0.25) is 14.0 Å². The van der Waals surface area contributed by atoms with Gasteiger partial charge in [-0.05, 0) is 18.1 Å². The van der Waals surface area contributed by atoms with Gasteiger partial charge in [0, 0.05) is 46.0 Å². The van der Waals surface area contributed by atoms with Crippen molar-refractivity contribution in [2.24, 2.45) is 7.05 Å². The number of hydrogen-bond acceptors (Lipinski definition) is 3. The fourth-order valence-electron chi connectivity index (χ4n) is 2.72. The van der Waals surface area contributed by atoms with E-state index in [-0.39, 0.29) is 62.5 Å². The fourth-order valence-corrected chi connectivity index (χ4v) is 2.72. The molecule has 2 aromatic heterocycles. The number of fused-ring (bicyclic) bond motifs is 1. The molecule has 5 nitrogen and oxygen atoms in total. The summed E-state index contributed by atoms with van der Waals surface area (Å²) in [5.41, 5.74) is 0.926. The van der Waals surface area contributed by atoms with Gasteiger partial charge in [-0.15, -0.1) is 0 Å². The number of hydrogen-bond donors (Lipinski definition) is 1. The molecule has 0 saturated heterocycles. The minimum Gasteiger partial charge on any atom is -0.505 e. The van der Waals surface area contributed by atoms with Gasteiger partial charge >= 0.3 is 0 Å². The van der Waals surface area contributed by atoms with Crippen LogP contribution in [-0.4, -0.2) is 25.9 Å². The number of alkyl halides is 2. The van der Waals surface area contributed by atoms with Gasteiger partial charge in [0.25, 0.3) is 12.0 Å². The normalized spacial score (nSPS) is 10.0. The van der Waals surface area contributed by atoms with E-state index in [2.05, 4.69) is 5.10 Å². The Bertz CT molecular complexity index is 952. The maximum absolute atomic E-state index is 12.9. The van der Waals surface area contributed by atoms with Crippen LogP contribution in [-0.2, 0) is 46.3 Å². The summed E-state index contributed by atoms with van der Waals surface area (Å²) < 4.78 is 28.1. The Labute approximate surface area is 182 Å². The molecule has 3 rings (SSSR count). The molecule has 0 saturated carbocycles. The minimum absolute atomic E-state index is 0. The summed E-state index contributed by atoms with van der Waals surface area (Å²) in [6.07, 6.45) is -1.24. The number of rotatable bonds is 3. The molecule has 8 heteroatoms. The first-order chi connectivity index (χ1) is 11.9. The SMILES string of the molecule is CC.Cc1ccccc1-c1c(O)c2nn(C)cc2n(CC(F)F)c1=O.[CH3-].[Y]. The predicted octanol–water partition coefficient (Wildman–Crippen LogP) is 4.16. The molecule has 2 heterocycles. The smallest absolute Gasteiger partial charge is 0.263 e. The second-order valence-corrected chi connectivity index (χ2v) is 5.38. The van der Waals surface area contributed by atoms with Crippen molar-refractivity contribution in [2.75, 3.05) is 0 Å². The van der Waals surface area contributed by atoms with Crippen LogP contribution < -0.4 is 5.56 Å². The number of halogens is 2. The zero-order valence-electron chi connectivity index (χ0n) is 16.2. The molecule has 0 fully saturated rings. The van der Waals surface area contributed by atoms with Crippen molar-refractivity contribution in [3.8, 4) is 16.9 Å². The summed E-state index contributed by atoms with van der Waals surface area (Å²) in [6.45, 7) is 5.04. The molecule has 0 amide bonds. The van der Waals surface area contributed by atoms with Gasteiger partial charge in [-0.2, -0.15) is 5.10 Å². The number of aryl methyl sites for hydroxylation is 2. The third kappa shape index (κ3) is 5.02. The number of nitrogens with zero attached hydrogens (tertiary/aromatic N) is 3. The van der Waals surface area contributed by atoms with E-state index >= 15 is 0 Å². The van der Waals surface area contributed by atoms with Crippen LogP contribution in [0.2, 0.25) is 0 Å². The van der Waals surface area contributed by atoms with Gasteiger partial charge in [0.15, 0.2) is 11.3 Å². The van der Waals surface area contributed by atoms with E-state index in [1.807, 2.05) is 13.8 Å². The molecule has 145 valence electrons. The van der Waals surface area contributed by atoms with Crippen molar-refractivity contribution in [3.63, 3.8) is 0 Å². The monoisotopic (exact) mass is 453 g/mol. The van der Waals surface area contributed by atoms with Crippen LogP contribution in [0.4, 0.5) is 8.78 Å². The summed E-state index contributed by atoms with van der Waals surface area (Å²) in [7, 11) is 1.60. The van der Waals surface area contributed by atoms with Gasteiger partial charge in [0.05, 0.1) is 17.6 Å². The molecule has 0 unspecified atom stereocenters. The maximum atomic E-state index is 12.9. The first-order valence-electron chi connectivity index (χ1n) is 8.03. The molecule has 0 aliphatic rings. The molecule has 1 N–H and O–H groups in total. The number of aromatic nitrogens is 3. The van der Waals surface area contributed by atoms with Gasteiger partial charge in [-0.1, -0.05) is 38.1 Å². The van der Waals surface area contributed by atoms with E-state index in [9.17, 15) is 18.7 Å². The Balaban J connectivity index is 0.00000164. The Morgan fingerprint density at radius 1 is 1.22 bits per heavy atom. The molecule has 0 bridgehead atoms. The summed E-state index contributed by atoms with van der Waals surface area (Å²) in [5, 5.41) is 14.6. The molecule has 27 heavy (non-hydrogen) atoms. The Morgan fingerprint density at radius 2 is 1.81 bits per heavy atom. The van der Waals surface area contributed by atoms with E-state index in [0.717, 1.165) is 10.1 Å². The van der Waals surface area contributed by atoms with Gasteiger partial charge < -0.3 is 12.5 Å². The fraction of sp³-hybridized carbons (Fsp3) is 0.316. The Kier molecular flexibility index (Phi) is 10.0. The zero-order chi connectivity index (χ0) is 18.7. The Morgan fingerprint density at radius 3 is 2.37 bits per heavy atom. The average Bonchev–Trinajstić information content (AvgIpc) is 2.97. The van der Waals surface area contributed by atoms with Crippen LogP contribution in [0.15, 0.2) is 35.3 Å². The van der Waals surface area contributed by atoms with Crippen LogP contribution in [0, 0.1) is 14.4 Å². The second-order valence-electron chi connectivity index (χ2n) is 5.38. The van der Waals surface area contributed by atoms with E-state index < -0.39 is 18.5 Å². The van der Waals surface area contributed by atoms with E-state index in [1.54, 1.807) is 38.2 Å². The van der Waals surface area contributed by atoms with Crippen molar-refractivity contribution in [2.45, 2.75) is 33.7 Å². The maximum Gasteiger partial charge on any atom is 0.263 e. The van der Waals surface area contributed by atoms with E-state index in [4.69, 9.17) is 0 Å². The van der Waals surface area contributed by atoms with Crippen LogP contribution in [0.25, 0.3) is 22.2 Å². The van der Waals surface area contributed by atoms with Crippen molar-refractivity contribution in [1.82, 2.24) is 14.3 Å². The Hall–Kier alpha value is -1.60. The van der Waals surface area contributed by atoms with Crippen LogP contribution >= 0.6 is 0 Å². The largest absolute Gasteiger partial charge is 0.505 e. The van der Waals surface area contributed by atoms with Gasteiger partial charge in [-0.25, -0.2) is 8.78 Å². The predicted molar refractivity (Wildman–Crippen MR) is 101 cm³/mol. The average molecular weight is 453 g/mol. The number of benzene rings is 1.